The maximum absolute atomic E-state index is 13.2. The number of ether oxygens (including phenoxy) is 1. The fraction of sp³-hybridized carbons (Fsp3) is 0.417. The number of hydrogen-bond acceptors (Lipinski definition) is 3. The first-order valence-electron chi connectivity index (χ1n) is 10.5. The van der Waals surface area contributed by atoms with Crippen LogP contribution in [-0.4, -0.2) is 25.1 Å². The van der Waals surface area contributed by atoms with E-state index in [0.717, 1.165) is 12.0 Å². The Morgan fingerprint density at radius 1 is 1.19 bits per heavy atom. The molecule has 0 radical (unpaired) electrons. The van der Waals surface area contributed by atoms with Gasteiger partial charge < -0.3 is 20.3 Å². The van der Waals surface area contributed by atoms with Gasteiger partial charge in [0.2, 0.25) is 5.91 Å². The van der Waals surface area contributed by atoms with Gasteiger partial charge in [-0.25, -0.2) is 4.79 Å². The average molecular weight is 444 g/mol. The molecule has 3 amide bonds. The molecule has 0 bridgehead atoms. The van der Waals surface area contributed by atoms with Gasteiger partial charge in [-0.3, -0.25) is 4.79 Å². The number of fused-ring (bicyclic) bond motifs is 1. The number of halogens is 1. The van der Waals surface area contributed by atoms with Crippen LogP contribution in [0.3, 0.4) is 0 Å². The summed E-state index contributed by atoms with van der Waals surface area (Å²) in [7, 11) is 0. The summed E-state index contributed by atoms with van der Waals surface area (Å²) in [5, 5.41) is 6.33. The van der Waals surface area contributed by atoms with Gasteiger partial charge in [-0.05, 0) is 62.1 Å². The number of amides is 3. The maximum atomic E-state index is 13.2. The number of carbonyl (C=O) groups is 2. The summed E-state index contributed by atoms with van der Waals surface area (Å²) in [6.45, 7) is 9.35. The van der Waals surface area contributed by atoms with Crippen LogP contribution in [0.15, 0.2) is 42.5 Å². The molecule has 0 aliphatic carbocycles. The van der Waals surface area contributed by atoms with Crippen molar-refractivity contribution in [3.8, 4) is 5.75 Å². The molecule has 0 aromatic heterocycles. The lowest BCUT2D eigenvalue weighted by atomic mass is 9.92. The van der Waals surface area contributed by atoms with E-state index in [1.807, 2.05) is 26.0 Å². The van der Waals surface area contributed by atoms with E-state index < -0.39 is 5.41 Å². The van der Waals surface area contributed by atoms with Gasteiger partial charge in [-0.15, -0.1) is 0 Å². The number of anilines is 2. The fourth-order valence-corrected chi connectivity index (χ4v) is 3.42. The highest BCUT2D eigenvalue weighted by atomic mass is 35.5. The number of hydrogen-bond donors (Lipinski definition) is 2. The lowest BCUT2D eigenvalue weighted by Crippen LogP contribution is -2.42. The fourth-order valence-electron chi connectivity index (χ4n) is 3.29. The standard InChI is InChI=1S/C24H30ClN3O3/c1-16(2)11-12-28-20-13-19(9-10-21(20)31-15-24(3,4)22(28)29)27-23(30)26-14-17-5-7-18(25)8-6-17/h5-10,13,16H,11-12,14-15H2,1-4H3,(H2,26,27,30). The molecule has 2 aromatic carbocycles. The van der Waals surface area contributed by atoms with Gasteiger partial charge in [0.25, 0.3) is 0 Å². The van der Waals surface area contributed by atoms with Crippen LogP contribution in [0.2, 0.25) is 5.02 Å². The van der Waals surface area contributed by atoms with Crippen molar-refractivity contribution in [3.63, 3.8) is 0 Å². The SMILES string of the molecule is CC(C)CCN1C(=O)C(C)(C)COc2ccc(NC(=O)NCc3ccc(Cl)cc3)cc21. The number of nitrogens with one attached hydrogen (secondary N) is 2. The molecule has 1 aliphatic rings. The predicted molar refractivity (Wildman–Crippen MR) is 125 cm³/mol. The van der Waals surface area contributed by atoms with Gasteiger partial charge in [0.1, 0.15) is 12.4 Å². The molecule has 0 unspecified atom stereocenters. The lowest BCUT2D eigenvalue weighted by molar-refractivity contribution is -0.127. The summed E-state index contributed by atoms with van der Waals surface area (Å²) in [5.41, 5.74) is 1.60. The average Bonchev–Trinajstić information content (AvgIpc) is 2.81. The van der Waals surface area contributed by atoms with Crippen LogP contribution >= 0.6 is 11.6 Å². The van der Waals surface area contributed by atoms with Crippen LogP contribution in [0.5, 0.6) is 5.75 Å². The van der Waals surface area contributed by atoms with Gasteiger partial charge in [-0.2, -0.15) is 0 Å². The third-order valence-corrected chi connectivity index (χ3v) is 5.47. The number of rotatable bonds is 6. The Kier molecular flexibility index (Phi) is 7.11. The van der Waals surface area contributed by atoms with E-state index in [1.54, 1.807) is 35.2 Å². The maximum Gasteiger partial charge on any atom is 0.319 e. The van der Waals surface area contributed by atoms with Gasteiger partial charge >= 0.3 is 6.03 Å². The van der Waals surface area contributed by atoms with E-state index >= 15 is 0 Å². The summed E-state index contributed by atoms with van der Waals surface area (Å²) in [5.74, 6) is 1.13. The van der Waals surface area contributed by atoms with E-state index in [-0.39, 0.29) is 11.9 Å². The second-order valence-electron chi connectivity index (χ2n) is 8.93. The Balaban J connectivity index is 1.75. The molecule has 0 saturated carbocycles. The summed E-state index contributed by atoms with van der Waals surface area (Å²) >= 11 is 5.89. The third-order valence-electron chi connectivity index (χ3n) is 5.22. The normalized spacial score (nSPS) is 15.2. The van der Waals surface area contributed by atoms with E-state index in [2.05, 4.69) is 24.5 Å². The summed E-state index contributed by atoms with van der Waals surface area (Å²) < 4.78 is 5.94. The Hall–Kier alpha value is -2.73. The second-order valence-corrected chi connectivity index (χ2v) is 9.36. The van der Waals surface area contributed by atoms with Crippen molar-refractivity contribution in [3.05, 3.63) is 53.1 Å². The first-order valence-corrected chi connectivity index (χ1v) is 10.9. The summed E-state index contributed by atoms with van der Waals surface area (Å²) in [4.78, 5) is 27.4. The minimum absolute atomic E-state index is 0.0243. The molecule has 0 atom stereocenters. The Morgan fingerprint density at radius 3 is 2.58 bits per heavy atom. The molecule has 0 fully saturated rings. The minimum Gasteiger partial charge on any atom is -0.490 e. The summed E-state index contributed by atoms with van der Waals surface area (Å²) in [6.07, 6.45) is 0.875. The zero-order chi connectivity index (χ0) is 22.6. The van der Waals surface area contributed by atoms with Crippen molar-refractivity contribution in [1.29, 1.82) is 0 Å². The highest BCUT2D eigenvalue weighted by molar-refractivity contribution is 6.30. The number of carbonyl (C=O) groups excluding carboxylic acids is 2. The second kappa shape index (κ2) is 9.60. The van der Waals surface area contributed by atoms with E-state index in [9.17, 15) is 9.59 Å². The highest BCUT2D eigenvalue weighted by Gasteiger charge is 2.37. The van der Waals surface area contributed by atoms with E-state index in [0.29, 0.717) is 47.8 Å². The molecule has 166 valence electrons. The van der Waals surface area contributed by atoms with Gasteiger partial charge in [0.05, 0.1) is 11.1 Å². The van der Waals surface area contributed by atoms with Crippen LogP contribution in [0.4, 0.5) is 16.2 Å². The van der Waals surface area contributed by atoms with Crippen molar-refractivity contribution in [2.24, 2.45) is 11.3 Å². The van der Waals surface area contributed by atoms with E-state index in [1.165, 1.54) is 0 Å². The molecule has 31 heavy (non-hydrogen) atoms. The molecule has 2 N–H and O–H groups in total. The molecule has 3 rings (SSSR count). The van der Waals surface area contributed by atoms with Crippen LogP contribution in [0.1, 0.15) is 39.7 Å². The van der Waals surface area contributed by atoms with Gasteiger partial charge in [-0.1, -0.05) is 37.6 Å². The smallest absolute Gasteiger partial charge is 0.319 e. The first kappa shape index (κ1) is 22.9. The monoisotopic (exact) mass is 443 g/mol. The Bertz CT molecular complexity index is 942. The van der Waals surface area contributed by atoms with Crippen molar-refractivity contribution in [1.82, 2.24) is 5.32 Å². The van der Waals surface area contributed by atoms with E-state index in [4.69, 9.17) is 16.3 Å². The topological polar surface area (TPSA) is 70.7 Å². The molecule has 0 spiro atoms. The van der Waals surface area contributed by atoms with Crippen LogP contribution < -0.4 is 20.3 Å². The minimum atomic E-state index is -0.625. The lowest BCUT2D eigenvalue weighted by Gasteiger charge is -2.28. The molecule has 1 heterocycles. The van der Waals surface area contributed by atoms with Gasteiger partial charge in [0.15, 0.2) is 0 Å². The zero-order valence-electron chi connectivity index (χ0n) is 18.5. The van der Waals surface area contributed by atoms with Crippen LogP contribution in [0, 0.1) is 11.3 Å². The molecule has 1 aliphatic heterocycles. The van der Waals surface area contributed by atoms with Crippen LogP contribution in [-0.2, 0) is 11.3 Å². The number of nitrogens with zero attached hydrogens (tertiary/aromatic N) is 1. The summed E-state index contributed by atoms with van der Waals surface area (Å²) in [6, 6.07) is 12.4. The molecular weight excluding hydrogens is 414 g/mol. The largest absolute Gasteiger partial charge is 0.490 e. The third kappa shape index (κ3) is 5.91. The zero-order valence-corrected chi connectivity index (χ0v) is 19.3. The Morgan fingerprint density at radius 2 is 1.90 bits per heavy atom. The molecule has 0 saturated heterocycles. The predicted octanol–water partition coefficient (Wildman–Crippen LogP) is 5.46. The first-order chi connectivity index (χ1) is 14.7. The quantitative estimate of drug-likeness (QED) is 0.622. The van der Waals surface area contributed by atoms with Crippen molar-refractivity contribution in [2.75, 3.05) is 23.4 Å². The molecule has 7 heteroatoms. The number of urea groups is 1. The van der Waals surface area contributed by atoms with Crippen molar-refractivity contribution < 1.29 is 14.3 Å². The highest BCUT2D eigenvalue weighted by Crippen LogP contribution is 2.38. The van der Waals surface area contributed by atoms with Crippen molar-refractivity contribution in [2.45, 2.75) is 40.7 Å². The molecular formula is C24H30ClN3O3. The molecule has 2 aromatic rings. The molecule has 6 nitrogen and oxygen atoms in total. The van der Waals surface area contributed by atoms with Gasteiger partial charge in [0, 0.05) is 23.8 Å². The van der Waals surface area contributed by atoms with Crippen LogP contribution in [0.25, 0.3) is 0 Å². The number of benzene rings is 2. The Labute approximate surface area is 188 Å². The van der Waals surface area contributed by atoms with Crippen molar-refractivity contribution >= 4 is 34.9 Å².